The van der Waals surface area contributed by atoms with Crippen LogP contribution >= 0.6 is 0 Å². The van der Waals surface area contributed by atoms with Crippen molar-refractivity contribution in [3.8, 4) is 0 Å². The number of aliphatic hydroxyl groups excluding tert-OH is 1. The van der Waals surface area contributed by atoms with E-state index in [-0.39, 0.29) is 12.3 Å². The Morgan fingerprint density at radius 1 is 1.22 bits per heavy atom. The molecule has 0 aromatic heterocycles. The van der Waals surface area contributed by atoms with Gasteiger partial charge >= 0.3 is 6.09 Å². The van der Waals surface area contributed by atoms with Gasteiger partial charge in [0.05, 0.1) is 6.10 Å². The molecule has 0 fully saturated rings. The van der Waals surface area contributed by atoms with Crippen LogP contribution in [-0.2, 0) is 4.74 Å². The van der Waals surface area contributed by atoms with Gasteiger partial charge in [0, 0.05) is 12.1 Å². The summed E-state index contributed by atoms with van der Waals surface area (Å²) in [6.07, 6.45) is 0.859. The van der Waals surface area contributed by atoms with Crippen molar-refractivity contribution in [3.63, 3.8) is 0 Å². The van der Waals surface area contributed by atoms with Gasteiger partial charge in [-0.3, -0.25) is 4.79 Å². The first-order valence-electron chi connectivity index (χ1n) is 9.22. The molecule has 6 heteroatoms. The van der Waals surface area contributed by atoms with E-state index in [0.717, 1.165) is 6.42 Å². The highest BCUT2D eigenvalue weighted by molar-refractivity contribution is 6.01. The molecule has 3 N–H and O–H groups in total. The van der Waals surface area contributed by atoms with Crippen LogP contribution in [0, 0.1) is 5.92 Å². The summed E-state index contributed by atoms with van der Waals surface area (Å²) in [5.74, 6) is -0.00770. The molecule has 0 saturated carbocycles. The van der Waals surface area contributed by atoms with Crippen molar-refractivity contribution in [1.82, 2.24) is 10.6 Å². The highest BCUT2D eigenvalue weighted by Crippen LogP contribution is 2.11. The summed E-state index contributed by atoms with van der Waals surface area (Å²) in [6, 6.07) is 7.46. The zero-order valence-electron chi connectivity index (χ0n) is 16.7. The maximum atomic E-state index is 12.8. The molecule has 0 aliphatic rings. The maximum absolute atomic E-state index is 12.8. The molecule has 0 radical (unpaired) electrons. The number of rotatable bonds is 10. The molecule has 3 atom stereocenters. The van der Waals surface area contributed by atoms with E-state index in [1.165, 1.54) is 0 Å². The van der Waals surface area contributed by atoms with E-state index >= 15 is 0 Å². The first kappa shape index (κ1) is 22.9. The lowest BCUT2D eigenvalue weighted by Crippen LogP contribution is -2.53. The Kier molecular flexibility index (Phi) is 9.18. The topological polar surface area (TPSA) is 87.7 Å². The summed E-state index contributed by atoms with van der Waals surface area (Å²) in [7, 11) is 0. The number of benzene rings is 1. The lowest BCUT2D eigenvalue weighted by Gasteiger charge is -2.26. The van der Waals surface area contributed by atoms with Crippen LogP contribution in [0.5, 0.6) is 0 Å². The molecule has 0 aliphatic heterocycles. The Bertz CT molecular complexity index is 610. The summed E-state index contributed by atoms with van der Waals surface area (Å²) in [6.45, 7) is 11.8. The van der Waals surface area contributed by atoms with Gasteiger partial charge in [-0.05, 0) is 39.7 Å². The Morgan fingerprint density at radius 2 is 1.85 bits per heavy atom. The highest BCUT2D eigenvalue weighted by Gasteiger charge is 2.31. The predicted octanol–water partition coefficient (Wildman–Crippen LogP) is 2.93. The third-order valence-electron chi connectivity index (χ3n) is 3.81. The van der Waals surface area contributed by atoms with Crippen LogP contribution in [0.25, 0.3) is 0 Å². The van der Waals surface area contributed by atoms with Crippen molar-refractivity contribution in [2.45, 2.75) is 51.9 Å². The number of amides is 1. The molecule has 27 heavy (non-hydrogen) atoms. The normalized spacial score (nSPS) is 14.7. The third-order valence-corrected chi connectivity index (χ3v) is 3.81. The Balaban J connectivity index is 2.81. The number of hydrogen-bond acceptors (Lipinski definition) is 5. The minimum atomic E-state index is -1.11. The zero-order chi connectivity index (χ0) is 20.4. The molecule has 6 nitrogen and oxygen atoms in total. The average Bonchev–Trinajstić information content (AvgIpc) is 2.58. The predicted molar refractivity (Wildman–Crippen MR) is 107 cm³/mol. The molecule has 0 spiro atoms. The van der Waals surface area contributed by atoms with Gasteiger partial charge < -0.3 is 20.5 Å². The summed E-state index contributed by atoms with van der Waals surface area (Å²) in [5, 5.41) is 16.2. The van der Waals surface area contributed by atoms with E-state index < -0.39 is 23.8 Å². The monoisotopic (exact) mass is 376 g/mol. The van der Waals surface area contributed by atoms with Crippen LogP contribution in [-0.4, -0.2) is 47.8 Å². The van der Waals surface area contributed by atoms with Gasteiger partial charge in [0.25, 0.3) is 0 Å². The molecule has 0 unspecified atom stereocenters. The fraction of sp³-hybridized carbons (Fsp3) is 0.524. The number of ether oxygens (including phenoxy) is 1. The lowest BCUT2D eigenvalue weighted by atomic mass is 9.99. The first-order valence-corrected chi connectivity index (χ1v) is 9.22. The largest absolute Gasteiger partial charge is 0.444 e. The van der Waals surface area contributed by atoms with Crippen molar-refractivity contribution in [3.05, 3.63) is 48.6 Å². The second-order valence-electron chi connectivity index (χ2n) is 7.71. The summed E-state index contributed by atoms with van der Waals surface area (Å²) in [5.41, 5.74) is -0.286. The fourth-order valence-electron chi connectivity index (χ4n) is 2.52. The highest BCUT2D eigenvalue weighted by atomic mass is 16.6. The summed E-state index contributed by atoms with van der Waals surface area (Å²) < 4.78 is 5.23. The molecular formula is C21H32N2O4. The van der Waals surface area contributed by atoms with Crippen LogP contribution < -0.4 is 10.6 Å². The van der Waals surface area contributed by atoms with E-state index in [4.69, 9.17) is 4.74 Å². The van der Waals surface area contributed by atoms with Crippen molar-refractivity contribution < 1.29 is 19.4 Å². The number of carbonyl (C=O) groups excluding carboxylic acids is 2. The zero-order valence-corrected chi connectivity index (χ0v) is 16.7. The average molecular weight is 376 g/mol. The summed E-state index contributed by atoms with van der Waals surface area (Å²) >= 11 is 0. The molecule has 1 aromatic rings. The van der Waals surface area contributed by atoms with E-state index in [1.54, 1.807) is 51.1 Å². The standard InChI is InChI=1S/C21H32N2O4/c1-6-10-15(2)13-22-14-17(24)18(23-20(26)27-21(3,4)5)19(25)16-11-8-7-9-12-16/h6-9,11-12,15,17-18,22,24H,1,10,13-14H2,2-5H3,(H,23,26)/t15-,17-,18-/m1/s1. The number of hydrogen-bond donors (Lipinski definition) is 3. The van der Waals surface area contributed by atoms with Crippen molar-refractivity contribution in [2.24, 2.45) is 5.92 Å². The molecule has 150 valence electrons. The van der Waals surface area contributed by atoms with E-state index in [2.05, 4.69) is 24.1 Å². The van der Waals surface area contributed by atoms with Gasteiger partial charge in [0.2, 0.25) is 0 Å². The number of Topliss-reactive ketones (excluding diaryl/α,β-unsaturated/α-hetero) is 1. The number of ketones is 1. The van der Waals surface area contributed by atoms with Gasteiger partial charge in [-0.2, -0.15) is 0 Å². The minimum absolute atomic E-state index is 0.167. The molecule has 0 bridgehead atoms. The molecule has 1 aromatic carbocycles. The number of alkyl carbamates (subject to hydrolysis) is 1. The SMILES string of the molecule is C=CC[C@@H](C)CNC[C@@H](O)[C@@H](NC(=O)OC(C)(C)C)C(=O)c1ccccc1. The van der Waals surface area contributed by atoms with E-state index in [0.29, 0.717) is 18.0 Å². The van der Waals surface area contributed by atoms with E-state index in [9.17, 15) is 14.7 Å². The van der Waals surface area contributed by atoms with Crippen LogP contribution in [0.1, 0.15) is 44.5 Å². The lowest BCUT2D eigenvalue weighted by molar-refractivity contribution is 0.0401. The Morgan fingerprint density at radius 3 is 2.41 bits per heavy atom. The smallest absolute Gasteiger partial charge is 0.408 e. The quantitative estimate of drug-likeness (QED) is 0.432. The van der Waals surface area contributed by atoms with Gasteiger partial charge in [-0.25, -0.2) is 4.79 Å². The van der Waals surface area contributed by atoms with E-state index in [1.807, 2.05) is 6.08 Å². The molecule has 0 heterocycles. The minimum Gasteiger partial charge on any atom is -0.444 e. The molecule has 1 amide bonds. The Labute approximate surface area is 162 Å². The fourth-order valence-corrected chi connectivity index (χ4v) is 2.52. The number of nitrogens with one attached hydrogen (secondary N) is 2. The number of carbonyl (C=O) groups is 2. The van der Waals surface area contributed by atoms with Crippen LogP contribution in [0.3, 0.4) is 0 Å². The second-order valence-corrected chi connectivity index (χ2v) is 7.71. The van der Waals surface area contributed by atoms with Gasteiger partial charge in [0.15, 0.2) is 5.78 Å². The van der Waals surface area contributed by atoms with Crippen molar-refractivity contribution >= 4 is 11.9 Å². The summed E-state index contributed by atoms with van der Waals surface area (Å²) in [4.78, 5) is 25.0. The first-order chi connectivity index (χ1) is 12.6. The molecule has 1 rings (SSSR count). The van der Waals surface area contributed by atoms with Crippen molar-refractivity contribution in [2.75, 3.05) is 13.1 Å². The Hall–Kier alpha value is -2.18. The van der Waals surface area contributed by atoms with Gasteiger partial charge in [0.1, 0.15) is 11.6 Å². The van der Waals surface area contributed by atoms with Gasteiger partial charge in [-0.1, -0.05) is 43.3 Å². The van der Waals surface area contributed by atoms with Crippen LogP contribution in [0.4, 0.5) is 4.79 Å². The van der Waals surface area contributed by atoms with Crippen LogP contribution in [0.2, 0.25) is 0 Å². The number of allylic oxidation sites excluding steroid dienone is 1. The van der Waals surface area contributed by atoms with Crippen molar-refractivity contribution in [1.29, 1.82) is 0 Å². The third kappa shape index (κ3) is 8.84. The molecule has 0 aliphatic carbocycles. The van der Waals surface area contributed by atoms with Gasteiger partial charge in [-0.15, -0.1) is 6.58 Å². The second kappa shape index (κ2) is 10.8. The molecular weight excluding hydrogens is 344 g/mol. The maximum Gasteiger partial charge on any atom is 0.408 e. The number of aliphatic hydroxyl groups is 1. The van der Waals surface area contributed by atoms with Crippen LogP contribution in [0.15, 0.2) is 43.0 Å². The molecule has 0 saturated heterocycles.